The largest absolute Gasteiger partial charge is 0.354 e. The standard InChI is InChI=1S/C14H22BrN3/c1-3-4-17-5-7-18(8-6-17)14-12(2)9-13(10-15)11-16-14/h9,11H,3-8,10H2,1-2H3. The van der Waals surface area contributed by atoms with Crippen LogP contribution in [0, 0.1) is 6.92 Å². The van der Waals surface area contributed by atoms with Gasteiger partial charge in [0.15, 0.2) is 0 Å². The molecule has 0 aliphatic carbocycles. The Morgan fingerprint density at radius 2 is 2.00 bits per heavy atom. The molecule has 0 radical (unpaired) electrons. The van der Waals surface area contributed by atoms with Crippen LogP contribution in [0.1, 0.15) is 24.5 Å². The van der Waals surface area contributed by atoms with Crippen LogP contribution in [0.3, 0.4) is 0 Å². The molecule has 1 fully saturated rings. The number of halogens is 1. The Morgan fingerprint density at radius 3 is 2.56 bits per heavy atom. The molecule has 0 atom stereocenters. The smallest absolute Gasteiger partial charge is 0.131 e. The minimum Gasteiger partial charge on any atom is -0.354 e. The third-order valence-electron chi connectivity index (χ3n) is 3.47. The average molecular weight is 312 g/mol. The van der Waals surface area contributed by atoms with Crippen molar-refractivity contribution in [2.75, 3.05) is 37.6 Å². The lowest BCUT2D eigenvalue weighted by Gasteiger charge is -2.35. The van der Waals surface area contributed by atoms with Crippen LogP contribution in [-0.2, 0) is 5.33 Å². The second-order valence-electron chi connectivity index (χ2n) is 4.95. The zero-order chi connectivity index (χ0) is 13.0. The van der Waals surface area contributed by atoms with Gasteiger partial charge in [-0.25, -0.2) is 4.98 Å². The second kappa shape index (κ2) is 6.53. The van der Waals surface area contributed by atoms with Gasteiger partial charge in [-0.3, -0.25) is 4.90 Å². The number of hydrogen-bond acceptors (Lipinski definition) is 3. The Bertz CT molecular complexity index is 387. The van der Waals surface area contributed by atoms with Crippen LogP contribution in [0.25, 0.3) is 0 Å². The highest BCUT2D eigenvalue weighted by Gasteiger charge is 2.18. The second-order valence-corrected chi connectivity index (χ2v) is 5.51. The topological polar surface area (TPSA) is 19.4 Å². The molecular weight excluding hydrogens is 290 g/mol. The highest BCUT2D eigenvalue weighted by molar-refractivity contribution is 9.08. The van der Waals surface area contributed by atoms with E-state index in [4.69, 9.17) is 0 Å². The molecule has 0 N–H and O–H groups in total. The number of hydrogen-bond donors (Lipinski definition) is 0. The van der Waals surface area contributed by atoms with Crippen LogP contribution < -0.4 is 4.90 Å². The van der Waals surface area contributed by atoms with Crippen molar-refractivity contribution in [2.45, 2.75) is 25.6 Å². The molecule has 2 rings (SSSR count). The summed E-state index contributed by atoms with van der Waals surface area (Å²) in [6.07, 6.45) is 3.23. The Kier molecular flexibility index (Phi) is 5.01. The van der Waals surface area contributed by atoms with Crippen molar-refractivity contribution in [1.29, 1.82) is 0 Å². The van der Waals surface area contributed by atoms with Crippen molar-refractivity contribution in [3.8, 4) is 0 Å². The third kappa shape index (κ3) is 3.23. The number of aromatic nitrogens is 1. The molecule has 1 aliphatic heterocycles. The maximum atomic E-state index is 4.62. The van der Waals surface area contributed by atoms with Gasteiger partial charge in [-0.15, -0.1) is 0 Å². The fourth-order valence-corrected chi connectivity index (χ4v) is 2.84. The Balaban J connectivity index is 2.01. The summed E-state index contributed by atoms with van der Waals surface area (Å²) in [5.74, 6) is 1.16. The first kappa shape index (κ1) is 13.8. The van der Waals surface area contributed by atoms with Gasteiger partial charge in [-0.05, 0) is 31.0 Å². The summed E-state index contributed by atoms with van der Waals surface area (Å²) in [4.78, 5) is 9.58. The van der Waals surface area contributed by atoms with Crippen molar-refractivity contribution in [3.05, 3.63) is 23.4 Å². The van der Waals surface area contributed by atoms with Gasteiger partial charge < -0.3 is 4.90 Å². The van der Waals surface area contributed by atoms with E-state index in [1.54, 1.807) is 0 Å². The first-order valence-corrected chi connectivity index (χ1v) is 7.85. The van der Waals surface area contributed by atoms with Gasteiger partial charge in [-0.2, -0.15) is 0 Å². The minimum absolute atomic E-state index is 0.880. The number of aryl methyl sites for hydroxylation is 1. The number of anilines is 1. The molecule has 2 heterocycles. The zero-order valence-electron chi connectivity index (χ0n) is 11.3. The molecule has 0 bridgehead atoms. The first-order chi connectivity index (χ1) is 8.74. The predicted molar refractivity (Wildman–Crippen MR) is 80.5 cm³/mol. The van der Waals surface area contributed by atoms with Gasteiger partial charge in [0.2, 0.25) is 0 Å². The van der Waals surface area contributed by atoms with Crippen LogP contribution in [0.5, 0.6) is 0 Å². The molecule has 1 aromatic heterocycles. The van der Waals surface area contributed by atoms with Crippen molar-refractivity contribution in [1.82, 2.24) is 9.88 Å². The number of pyridine rings is 1. The van der Waals surface area contributed by atoms with Crippen molar-refractivity contribution < 1.29 is 0 Å². The molecule has 0 aromatic carbocycles. The molecule has 1 aromatic rings. The summed E-state index contributed by atoms with van der Waals surface area (Å²) >= 11 is 3.48. The summed E-state index contributed by atoms with van der Waals surface area (Å²) in [6.45, 7) is 10.2. The fraction of sp³-hybridized carbons (Fsp3) is 0.643. The highest BCUT2D eigenvalue weighted by atomic mass is 79.9. The van der Waals surface area contributed by atoms with E-state index in [9.17, 15) is 0 Å². The van der Waals surface area contributed by atoms with Gasteiger partial charge >= 0.3 is 0 Å². The summed E-state index contributed by atoms with van der Waals surface area (Å²) < 4.78 is 0. The monoisotopic (exact) mass is 311 g/mol. The number of nitrogens with zero attached hydrogens (tertiary/aromatic N) is 3. The lowest BCUT2D eigenvalue weighted by atomic mass is 10.2. The lowest BCUT2D eigenvalue weighted by Crippen LogP contribution is -2.47. The van der Waals surface area contributed by atoms with E-state index in [1.165, 1.54) is 24.1 Å². The molecule has 0 spiro atoms. The van der Waals surface area contributed by atoms with E-state index in [1.807, 2.05) is 6.20 Å². The quantitative estimate of drug-likeness (QED) is 0.797. The molecule has 1 saturated heterocycles. The Hall–Kier alpha value is -0.610. The Morgan fingerprint density at radius 1 is 1.28 bits per heavy atom. The van der Waals surface area contributed by atoms with E-state index < -0.39 is 0 Å². The van der Waals surface area contributed by atoms with Crippen molar-refractivity contribution >= 4 is 21.7 Å². The van der Waals surface area contributed by atoms with E-state index in [0.717, 1.165) is 37.3 Å². The molecule has 0 amide bonds. The number of piperazine rings is 1. The Labute approximate surface area is 118 Å². The van der Waals surface area contributed by atoms with E-state index in [-0.39, 0.29) is 0 Å². The van der Waals surface area contributed by atoms with Crippen molar-refractivity contribution in [2.24, 2.45) is 0 Å². The number of rotatable bonds is 4. The van der Waals surface area contributed by atoms with Gasteiger partial charge in [0, 0.05) is 37.7 Å². The molecular formula is C14H22BrN3. The maximum absolute atomic E-state index is 4.62. The maximum Gasteiger partial charge on any atom is 0.131 e. The van der Waals surface area contributed by atoms with Gasteiger partial charge in [0.05, 0.1) is 0 Å². The number of alkyl halides is 1. The first-order valence-electron chi connectivity index (χ1n) is 6.73. The zero-order valence-corrected chi connectivity index (χ0v) is 12.9. The SMILES string of the molecule is CCCN1CCN(c2ncc(CBr)cc2C)CC1. The minimum atomic E-state index is 0.880. The third-order valence-corrected chi connectivity index (χ3v) is 4.12. The average Bonchev–Trinajstić information content (AvgIpc) is 2.40. The van der Waals surface area contributed by atoms with Crippen molar-refractivity contribution in [3.63, 3.8) is 0 Å². The molecule has 4 heteroatoms. The van der Waals surface area contributed by atoms with Crippen LogP contribution in [0.15, 0.2) is 12.3 Å². The van der Waals surface area contributed by atoms with Gasteiger partial charge in [0.1, 0.15) is 5.82 Å². The molecule has 1 aliphatic rings. The molecule has 0 saturated carbocycles. The van der Waals surface area contributed by atoms with E-state index in [2.05, 4.69) is 50.6 Å². The van der Waals surface area contributed by atoms with E-state index >= 15 is 0 Å². The highest BCUT2D eigenvalue weighted by Crippen LogP contribution is 2.20. The van der Waals surface area contributed by atoms with Crippen LogP contribution in [0.2, 0.25) is 0 Å². The summed E-state index contributed by atoms with van der Waals surface area (Å²) in [7, 11) is 0. The lowest BCUT2D eigenvalue weighted by molar-refractivity contribution is 0.258. The van der Waals surface area contributed by atoms with Gasteiger partial charge in [0.25, 0.3) is 0 Å². The van der Waals surface area contributed by atoms with Crippen LogP contribution in [0.4, 0.5) is 5.82 Å². The fourth-order valence-electron chi connectivity index (χ4n) is 2.53. The molecule has 100 valence electrons. The molecule has 0 unspecified atom stereocenters. The van der Waals surface area contributed by atoms with Crippen LogP contribution in [-0.4, -0.2) is 42.6 Å². The molecule has 18 heavy (non-hydrogen) atoms. The summed E-state index contributed by atoms with van der Waals surface area (Å²) in [5.41, 5.74) is 2.54. The van der Waals surface area contributed by atoms with Gasteiger partial charge in [-0.1, -0.05) is 28.9 Å². The van der Waals surface area contributed by atoms with Crippen LogP contribution >= 0.6 is 15.9 Å². The summed E-state index contributed by atoms with van der Waals surface area (Å²) in [5, 5.41) is 0.880. The molecule has 3 nitrogen and oxygen atoms in total. The van der Waals surface area contributed by atoms with E-state index in [0.29, 0.717) is 0 Å². The predicted octanol–water partition coefficient (Wildman–Crippen LogP) is 2.82. The normalized spacial score (nSPS) is 17.2. The summed E-state index contributed by atoms with van der Waals surface area (Å²) in [6, 6.07) is 2.23.